The summed E-state index contributed by atoms with van der Waals surface area (Å²) in [6.07, 6.45) is 0. The van der Waals surface area contributed by atoms with E-state index >= 15 is 0 Å². The van der Waals surface area contributed by atoms with Gasteiger partial charge in [-0.15, -0.1) is 0 Å². The Morgan fingerprint density at radius 3 is 2.60 bits per heavy atom. The lowest BCUT2D eigenvalue weighted by molar-refractivity contribution is 0.626. The number of benzene rings is 2. The van der Waals surface area contributed by atoms with Gasteiger partial charge in [0.25, 0.3) is 0 Å². The average Bonchev–Trinajstić information content (AvgIpc) is 3.00. The average molecular weight is 285 g/mol. The molecule has 0 radical (unpaired) electrons. The summed E-state index contributed by atoms with van der Waals surface area (Å²) >= 11 is 1.68. The fourth-order valence-electron chi connectivity index (χ4n) is 2.59. The molecule has 1 nitrogen and oxygen atoms in total. The van der Waals surface area contributed by atoms with E-state index in [-0.39, 0.29) is 11.9 Å². The molecule has 0 aliphatic rings. The van der Waals surface area contributed by atoms with Crippen LogP contribution in [0.15, 0.2) is 53.2 Å². The van der Waals surface area contributed by atoms with Gasteiger partial charge in [-0.1, -0.05) is 37.3 Å². The van der Waals surface area contributed by atoms with Crippen molar-refractivity contribution in [1.82, 2.24) is 5.32 Å². The molecule has 0 aliphatic heterocycles. The highest BCUT2D eigenvalue weighted by Crippen LogP contribution is 2.31. The van der Waals surface area contributed by atoms with Crippen molar-refractivity contribution in [3.05, 3.63) is 70.2 Å². The van der Waals surface area contributed by atoms with E-state index in [1.165, 1.54) is 5.56 Å². The molecule has 20 heavy (non-hydrogen) atoms. The van der Waals surface area contributed by atoms with Gasteiger partial charge in [0.1, 0.15) is 5.82 Å². The predicted octanol–water partition coefficient (Wildman–Crippen LogP) is 4.74. The molecule has 102 valence electrons. The zero-order chi connectivity index (χ0) is 13.9. The Kier molecular flexibility index (Phi) is 3.81. The van der Waals surface area contributed by atoms with Crippen molar-refractivity contribution < 1.29 is 4.39 Å². The number of fused-ring (bicyclic) bond motifs is 1. The Morgan fingerprint density at radius 1 is 1.10 bits per heavy atom. The minimum absolute atomic E-state index is 0.108. The van der Waals surface area contributed by atoms with Crippen molar-refractivity contribution in [2.75, 3.05) is 6.54 Å². The summed E-state index contributed by atoms with van der Waals surface area (Å²) < 4.78 is 13.9. The van der Waals surface area contributed by atoms with E-state index in [0.717, 1.165) is 17.5 Å². The van der Waals surface area contributed by atoms with Gasteiger partial charge in [-0.3, -0.25) is 0 Å². The molecule has 0 bridgehead atoms. The van der Waals surface area contributed by atoms with Gasteiger partial charge in [0.2, 0.25) is 0 Å². The van der Waals surface area contributed by atoms with Crippen molar-refractivity contribution >= 4 is 22.1 Å². The molecule has 0 spiro atoms. The second-order valence-electron chi connectivity index (χ2n) is 4.73. The van der Waals surface area contributed by atoms with E-state index < -0.39 is 0 Å². The summed E-state index contributed by atoms with van der Waals surface area (Å²) in [5.74, 6) is -0.162. The highest BCUT2D eigenvalue weighted by Gasteiger charge is 2.17. The molecular weight excluding hydrogens is 269 g/mol. The van der Waals surface area contributed by atoms with Gasteiger partial charge in [0.05, 0.1) is 6.04 Å². The number of hydrogen-bond donors (Lipinski definition) is 1. The molecule has 0 saturated carbocycles. The summed E-state index contributed by atoms with van der Waals surface area (Å²) in [4.78, 5) is 0. The molecule has 2 aromatic carbocycles. The van der Waals surface area contributed by atoms with E-state index in [9.17, 15) is 4.39 Å². The highest BCUT2D eigenvalue weighted by atomic mass is 32.1. The van der Waals surface area contributed by atoms with Crippen LogP contribution in [-0.4, -0.2) is 6.54 Å². The van der Waals surface area contributed by atoms with Crippen LogP contribution in [0.2, 0.25) is 0 Å². The molecule has 0 aliphatic carbocycles. The molecule has 0 saturated heterocycles. The smallest absolute Gasteiger partial charge is 0.131 e. The maximum atomic E-state index is 13.9. The summed E-state index contributed by atoms with van der Waals surface area (Å²) in [5.41, 5.74) is 2.36. The number of thiophene rings is 1. The predicted molar refractivity (Wildman–Crippen MR) is 83.7 cm³/mol. The van der Waals surface area contributed by atoms with Crippen LogP contribution in [0.25, 0.3) is 10.8 Å². The van der Waals surface area contributed by atoms with Crippen LogP contribution >= 0.6 is 11.3 Å². The molecule has 0 amide bonds. The Bertz CT molecular complexity index is 706. The Labute approximate surface area is 122 Å². The first-order valence-corrected chi connectivity index (χ1v) is 7.68. The van der Waals surface area contributed by atoms with Gasteiger partial charge in [-0.05, 0) is 46.0 Å². The van der Waals surface area contributed by atoms with E-state index in [1.54, 1.807) is 17.4 Å². The van der Waals surface area contributed by atoms with Crippen molar-refractivity contribution in [2.45, 2.75) is 13.0 Å². The van der Waals surface area contributed by atoms with Crippen LogP contribution in [0, 0.1) is 5.82 Å². The third-order valence-electron chi connectivity index (χ3n) is 3.50. The van der Waals surface area contributed by atoms with Crippen LogP contribution in [0.1, 0.15) is 24.1 Å². The molecule has 3 heteroatoms. The number of rotatable bonds is 4. The molecule has 1 aromatic heterocycles. The number of halogens is 1. The first-order chi connectivity index (χ1) is 9.81. The first kappa shape index (κ1) is 13.3. The van der Waals surface area contributed by atoms with E-state index in [2.05, 4.69) is 29.1 Å². The molecule has 0 fully saturated rings. The van der Waals surface area contributed by atoms with Crippen LogP contribution in [0.4, 0.5) is 4.39 Å². The Hall–Kier alpha value is -1.71. The second-order valence-corrected chi connectivity index (χ2v) is 5.51. The van der Waals surface area contributed by atoms with E-state index in [4.69, 9.17) is 0 Å². The maximum Gasteiger partial charge on any atom is 0.131 e. The molecule has 3 aromatic rings. The van der Waals surface area contributed by atoms with Gasteiger partial charge in [-0.2, -0.15) is 11.3 Å². The molecule has 1 unspecified atom stereocenters. The first-order valence-electron chi connectivity index (χ1n) is 6.74. The largest absolute Gasteiger partial charge is 0.306 e. The molecule has 3 rings (SSSR count). The third-order valence-corrected chi connectivity index (χ3v) is 4.20. The third kappa shape index (κ3) is 2.35. The molecule has 1 heterocycles. The SMILES string of the molecule is CCNC(c1ccsc1)c1ccc(F)c2ccccc12. The maximum absolute atomic E-state index is 13.9. The van der Waals surface area contributed by atoms with Crippen LogP contribution in [0.3, 0.4) is 0 Å². The zero-order valence-corrected chi connectivity index (χ0v) is 12.1. The van der Waals surface area contributed by atoms with E-state index in [1.807, 2.05) is 30.3 Å². The quantitative estimate of drug-likeness (QED) is 0.730. The van der Waals surface area contributed by atoms with Crippen LogP contribution < -0.4 is 5.32 Å². The summed E-state index contributed by atoms with van der Waals surface area (Å²) in [6.45, 7) is 2.96. The minimum atomic E-state index is -0.162. The van der Waals surface area contributed by atoms with Gasteiger partial charge in [-0.25, -0.2) is 4.39 Å². The fraction of sp³-hybridized carbons (Fsp3) is 0.176. The molecule has 1 atom stereocenters. The Morgan fingerprint density at radius 2 is 1.90 bits per heavy atom. The van der Waals surface area contributed by atoms with Crippen molar-refractivity contribution in [2.24, 2.45) is 0 Å². The van der Waals surface area contributed by atoms with Crippen molar-refractivity contribution in [1.29, 1.82) is 0 Å². The van der Waals surface area contributed by atoms with Gasteiger partial charge >= 0.3 is 0 Å². The van der Waals surface area contributed by atoms with Crippen LogP contribution in [0.5, 0.6) is 0 Å². The fourth-order valence-corrected chi connectivity index (χ4v) is 3.27. The monoisotopic (exact) mass is 285 g/mol. The second kappa shape index (κ2) is 5.73. The van der Waals surface area contributed by atoms with Gasteiger partial charge in [0, 0.05) is 5.39 Å². The summed E-state index contributed by atoms with van der Waals surface area (Å²) in [5, 5.41) is 9.38. The number of hydrogen-bond acceptors (Lipinski definition) is 2. The summed E-state index contributed by atoms with van der Waals surface area (Å²) in [7, 11) is 0. The number of nitrogens with one attached hydrogen (secondary N) is 1. The van der Waals surface area contributed by atoms with Crippen molar-refractivity contribution in [3.8, 4) is 0 Å². The van der Waals surface area contributed by atoms with Crippen molar-refractivity contribution in [3.63, 3.8) is 0 Å². The topological polar surface area (TPSA) is 12.0 Å². The lowest BCUT2D eigenvalue weighted by Gasteiger charge is -2.19. The summed E-state index contributed by atoms with van der Waals surface area (Å²) in [6, 6.07) is 13.4. The van der Waals surface area contributed by atoms with Gasteiger partial charge in [0.15, 0.2) is 0 Å². The van der Waals surface area contributed by atoms with Crippen LogP contribution in [-0.2, 0) is 0 Å². The lowest BCUT2D eigenvalue weighted by Crippen LogP contribution is -2.21. The lowest BCUT2D eigenvalue weighted by atomic mass is 9.95. The minimum Gasteiger partial charge on any atom is -0.306 e. The Balaban J connectivity index is 2.19. The molecular formula is C17H16FNS. The highest BCUT2D eigenvalue weighted by molar-refractivity contribution is 7.08. The standard InChI is InChI=1S/C17H16FNS/c1-2-19-17(12-9-10-20-11-12)15-7-8-16(18)14-6-4-3-5-13(14)15/h3-11,17,19H,2H2,1H3. The zero-order valence-electron chi connectivity index (χ0n) is 11.3. The molecule has 1 N–H and O–H groups in total. The van der Waals surface area contributed by atoms with Gasteiger partial charge < -0.3 is 5.32 Å². The van der Waals surface area contributed by atoms with E-state index in [0.29, 0.717) is 5.39 Å². The normalized spacial score (nSPS) is 12.7.